The number of ether oxygens (including phenoxy) is 1. The van der Waals surface area contributed by atoms with Gasteiger partial charge in [-0.3, -0.25) is 4.79 Å². The molecule has 2 aliphatic rings. The molecule has 1 atom stereocenters. The third-order valence-corrected chi connectivity index (χ3v) is 4.70. The van der Waals surface area contributed by atoms with E-state index < -0.39 is 5.82 Å². The van der Waals surface area contributed by atoms with Gasteiger partial charge in [-0.15, -0.1) is 0 Å². The fraction of sp³-hybridized carbons (Fsp3) is 0.556. The van der Waals surface area contributed by atoms with Crippen LogP contribution >= 0.6 is 0 Å². The molecule has 2 aromatic rings. The molecule has 2 aromatic heterocycles. The molecule has 8 heteroatoms. The Balaban J connectivity index is 1.26. The van der Waals surface area contributed by atoms with E-state index in [0.29, 0.717) is 37.9 Å². The van der Waals surface area contributed by atoms with E-state index in [9.17, 15) is 9.18 Å². The van der Waals surface area contributed by atoms with E-state index in [1.807, 2.05) is 0 Å². The topological polar surface area (TPSA) is 81.4 Å². The number of amides is 1. The van der Waals surface area contributed by atoms with Crippen molar-refractivity contribution in [2.45, 2.75) is 44.1 Å². The van der Waals surface area contributed by atoms with Crippen LogP contribution in [0.4, 0.5) is 4.39 Å². The summed E-state index contributed by atoms with van der Waals surface area (Å²) in [5.41, 5.74) is 0.256. The van der Waals surface area contributed by atoms with E-state index in [2.05, 4.69) is 15.1 Å². The van der Waals surface area contributed by atoms with Gasteiger partial charge in [0.15, 0.2) is 5.82 Å². The summed E-state index contributed by atoms with van der Waals surface area (Å²) in [5.74, 6) is 1.22. The van der Waals surface area contributed by atoms with Crippen LogP contribution in [-0.4, -0.2) is 51.7 Å². The highest BCUT2D eigenvalue weighted by atomic mass is 19.1. The monoisotopic (exact) mass is 360 g/mol. The Morgan fingerprint density at radius 3 is 3.00 bits per heavy atom. The number of likely N-dealkylation sites (tertiary alicyclic amines) is 1. The molecule has 2 fully saturated rings. The number of pyridine rings is 1. The van der Waals surface area contributed by atoms with E-state index in [4.69, 9.17) is 9.26 Å². The molecule has 3 heterocycles. The summed E-state index contributed by atoms with van der Waals surface area (Å²) >= 11 is 0. The van der Waals surface area contributed by atoms with Gasteiger partial charge in [-0.1, -0.05) is 5.16 Å². The molecule has 0 N–H and O–H groups in total. The molecule has 1 aliphatic heterocycles. The van der Waals surface area contributed by atoms with Gasteiger partial charge in [0.2, 0.25) is 5.89 Å². The minimum atomic E-state index is -0.451. The minimum absolute atomic E-state index is 0.0250. The lowest BCUT2D eigenvalue weighted by atomic mass is 10.1. The third kappa shape index (κ3) is 4.07. The standard InChI is InChI=1S/C18H21FN4O3/c19-13-5-6-15(20-10-13)18(24)23-8-1-2-14(11-23)25-9-7-16-21-17(26-22-16)12-3-4-12/h5-6,10,12,14H,1-4,7-9,11H2. The number of hydrogen-bond acceptors (Lipinski definition) is 6. The first kappa shape index (κ1) is 17.1. The molecule has 1 aliphatic carbocycles. The Kier molecular flexibility index (Phi) is 4.92. The number of carbonyl (C=O) groups excluding carboxylic acids is 1. The Morgan fingerprint density at radius 1 is 1.35 bits per heavy atom. The SMILES string of the molecule is O=C(c1ccc(F)cn1)N1CCCC(OCCc2noc(C3CC3)n2)C1. The van der Waals surface area contributed by atoms with Gasteiger partial charge in [0.1, 0.15) is 11.5 Å². The molecule has 1 saturated carbocycles. The smallest absolute Gasteiger partial charge is 0.272 e. The van der Waals surface area contributed by atoms with Gasteiger partial charge in [-0.2, -0.15) is 4.98 Å². The van der Waals surface area contributed by atoms with Crippen molar-refractivity contribution in [3.8, 4) is 0 Å². The largest absolute Gasteiger partial charge is 0.376 e. The zero-order valence-electron chi connectivity index (χ0n) is 14.4. The van der Waals surface area contributed by atoms with Crippen molar-refractivity contribution in [2.75, 3.05) is 19.7 Å². The van der Waals surface area contributed by atoms with Crippen LogP contribution in [0.1, 0.15) is 53.8 Å². The summed E-state index contributed by atoms with van der Waals surface area (Å²) in [6.07, 6.45) is 5.67. The van der Waals surface area contributed by atoms with Crippen LogP contribution in [-0.2, 0) is 11.2 Å². The predicted octanol–water partition coefficient (Wildman–Crippen LogP) is 2.35. The Hall–Kier alpha value is -2.35. The molecule has 7 nitrogen and oxygen atoms in total. The van der Waals surface area contributed by atoms with E-state index in [1.54, 1.807) is 4.90 Å². The second-order valence-electron chi connectivity index (χ2n) is 6.82. The fourth-order valence-electron chi connectivity index (χ4n) is 3.11. The lowest BCUT2D eigenvalue weighted by Crippen LogP contribution is -2.43. The van der Waals surface area contributed by atoms with Crippen LogP contribution in [0.2, 0.25) is 0 Å². The molecule has 0 aromatic carbocycles. The minimum Gasteiger partial charge on any atom is -0.376 e. The van der Waals surface area contributed by atoms with Crippen molar-refractivity contribution in [3.63, 3.8) is 0 Å². The Bertz CT molecular complexity index is 760. The van der Waals surface area contributed by atoms with Crippen LogP contribution in [0.15, 0.2) is 22.9 Å². The predicted molar refractivity (Wildman–Crippen MR) is 89.0 cm³/mol. The summed E-state index contributed by atoms with van der Waals surface area (Å²) in [6.45, 7) is 1.66. The average molecular weight is 360 g/mol. The fourth-order valence-corrected chi connectivity index (χ4v) is 3.11. The number of rotatable bonds is 6. The van der Waals surface area contributed by atoms with Gasteiger partial charge >= 0.3 is 0 Å². The first-order valence-corrected chi connectivity index (χ1v) is 9.04. The van der Waals surface area contributed by atoms with Crippen molar-refractivity contribution >= 4 is 5.91 Å². The summed E-state index contributed by atoms with van der Waals surface area (Å²) < 4.78 is 24.1. The average Bonchev–Trinajstić information content (AvgIpc) is 3.41. The maximum atomic E-state index is 13.0. The quantitative estimate of drug-likeness (QED) is 0.786. The van der Waals surface area contributed by atoms with E-state index in [1.165, 1.54) is 12.1 Å². The van der Waals surface area contributed by atoms with E-state index >= 15 is 0 Å². The van der Waals surface area contributed by atoms with Crippen molar-refractivity contribution in [1.29, 1.82) is 0 Å². The first-order valence-electron chi connectivity index (χ1n) is 9.04. The zero-order chi connectivity index (χ0) is 17.9. The first-order chi connectivity index (χ1) is 12.7. The molecule has 26 heavy (non-hydrogen) atoms. The Morgan fingerprint density at radius 2 is 2.23 bits per heavy atom. The molecule has 138 valence electrons. The third-order valence-electron chi connectivity index (χ3n) is 4.70. The van der Waals surface area contributed by atoms with Crippen molar-refractivity contribution in [2.24, 2.45) is 0 Å². The summed E-state index contributed by atoms with van der Waals surface area (Å²) in [7, 11) is 0. The van der Waals surface area contributed by atoms with Gasteiger partial charge in [0.25, 0.3) is 5.91 Å². The number of carbonyl (C=O) groups is 1. The number of halogens is 1. The highest BCUT2D eigenvalue weighted by Crippen LogP contribution is 2.38. The second-order valence-corrected chi connectivity index (χ2v) is 6.82. The molecule has 0 radical (unpaired) electrons. The molecule has 0 spiro atoms. The molecule has 4 rings (SSSR count). The highest BCUT2D eigenvalue weighted by molar-refractivity contribution is 5.92. The van der Waals surface area contributed by atoms with E-state index in [-0.39, 0.29) is 17.7 Å². The lowest BCUT2D eigenvalue weighted by Gasteiger charge is -2.32. The van der Waals surface area contributed by atoms with Crippen LogP contribution in [0, 0.1) is 5.82 Å². The van der Waals surface area contributed by atoms with Gasteiger partial charge in [0.05, 0.1) is 18.9 Å². The van der Waals surface area contributed by atoms with Crippen LogP contribution in [0.25, 0.3) is 0 Å². The van der Waals surface area contributed by atoms with Crippen LogP contribution < -0.4 is 0 Å². The summed E-state index contributed by atoms with van der Waals surface area (Å²) in [6, 6.07) is 2.66. The Labute approximate surface area is 150 Å². The van der Waals surface area contributed by atoms with Crippen LogP contribution in [0.3, 0.4) is 0 Å². The summed E-state index contributed by atoms with van der Waals surface area (Å²) in [5, 5.41) is 3.98. The number of nitrogens with zero attached hydrogens (tertiary/aromatic N) is 4. The van der Waals surface area contributed by atoms with Gasteiger partial charge in [-0.05, 0) is 37.8 Å². The summed E-state index contributed by atoms with van der Waals surface area (Å²) in [4.78, 5) is 22.4. The zero-order valence-corrected chi connectivity index (χ0v) is 14.4. The number of aromatic nitrogens is 3. The van der Waals surface area contributed by atoms with Gasteiger partial charge in [0, 0.05) is 25.4 Å². The molecule has 1 unspecified atom stereocenters. The maximum Gasteiger partial charge on any atom is 0.272 e. The highest BCUT2D eigenvalue weighted by Gasteiger charge is 2.30. The molecule has 0 bridgehead atoms. The van der Waals surface area contributed by atoms with Crippen molar-refractivity contribution in [1.82, 2.24) is 20.0 Å². The lowest BCUT2D eigenvalue weighted by molar-refractivity contribution is 0.00232. The second kappa shape index (κ2) is 7.49. The van der Waals surface area contributed by atoms with E-state index in [0.717, 1.165) is 37.8 Å². The maximum absolute atomic E-state index is 13.0. The molecule has 1 saturated heterocycles. The number of piperidine rings is 1. The van der Waals surface area contributed by atoms with Crippen molar-refractivity contribution in [3.05, 3.63) is 41.6 Å². The van der Waals surface area contributed by atoms with Crippen molar-refractivity contribution < 1.29 is 18.4 Å². The molecular weight excluding hydrogens is 339 g/mol. The molecule has 1 amide bonds. The van der Waals surface area contributed by atoms with Gasteiger partial charge in [-0.25, -0.2) is 9.37 Å². The normalized spacial score (nSPS) is 20.3. The number of hydrogen-bond donors (Lipinski definition) is 0. The van der Waals surface area contributed by atoms with Crippen LogP contribution in [0.5, 0.6) is 0 Å². The molecular formula is C18H21FN4O3. The van der Waals surface area contributed by atoms with Gasteiger partial charge < -0.3 is 14.2 Å².